The molecule has 0 aliphatic carbocycles. The number of carbonyl (C=O) groups is 1. The first-order valence-corrected chi connectivity index (χ1v) is 11.6. The van der Waals surface area contributed by atoms with E-state index in [1.165, 1.54) is 12.1 Å². The van der Waals surface area contributed by atoms with Crippen LogP contribution >= 0.6 is 0 Å². The summed E-state index contributed by atoms with van der Waals surface area (Å²) in [6.07, 6.45) is -1.42. The highest BCUT2D eigenvalue weighted by molar-refractivity contribution is 6.06. The molecule has 1 amide bonds. The maximum absolute atomic E-state index is 12.8. The smallest absolute Gasteiger partial charge is 0.405 e. The molecule has 0 saturated carbocycles. The lowest BCUT2D eigenvalue weighted by molar-refractivity contribution is -0.275. The Morgan fingerprint density at radius 3 is 2.69 bits per heavy atom. The van der Waals surface area contributed by atoms with Gasteiger partial charge in [-0.15, -0.1) is 13.2 Å². The fourth-order valence-electron chi connectivity index (χ4n) is 4.54. The number of piperidine rings is 1. The number of hydrogen-bond donors (Lipinski definition) is 2. The summed E-state index contributed by atoms with van der Waals surface area (Å²) >= 11 is 0. The number of alkyl halides is 3. The van der Waals surface area contributed by atoms with Gasteiger partial charge in [-0.3, -0.25) is 4.79 Å². The van der Waals surface area contributed by atoms with Gasteiger partial charge in [-0.25, -0.2) is 0 Å². The molecule has 0 spiro atoms. The number of amides is 1. The number of para-hydroxylation sites is 2. The van der Waals surface area contributed by atoms with Crippen molar-refractivity contribution in [1.82, 2.24) is 20.4 Å². The van der Waals surface area contributed by atoms with Crippen molar-refractivity contribution < 1.29 is 27.2 Å². The number of fused-ring (bicyclic) bond motifs is 1. The lowest BCUT2D eigenvalue weighted by Gasteiger charge is -2.31. The van der Waals surface area contributed by atoms with Crippen LogP contribution < -0.4 is 15.0 Å². The second kappa shape index (κ2) is 9.92. The standard InChI is InChI=1S/C25H24F3N5O3/c26-25(27,28)35-21-8-4-2-5-17(21)16-10-13-33(14-11-16)24-31-22(36-32-24)9-12-29-23(34)19-15-30-20-7-3-1-6-18(19)20/h1-8,15-16,30H,9-14H2,(H,29,34). The van der Waals surface area contributed by atoms with Crippen molar-refractivity contribution in [2.45, 2.75) is 31.5 Å². The average molecular weight is 499 g/mol. The third kappa shape index (κ3) is 5.29. The molecular weight excluding hydrogens is 475 g/mol. The maximum atomic E-state index is 12.8. The highest BCUT2D eigenvalue weighted by Gasteiger charge is 2.33. The Morgan fingerprint density at radius 2 is 1.89 bits per heavy atom. The highest BCUT2D eigenvalue weighted by atomic mass is 19.4. The molecule has 36 heavy (non-hydrogen) atoms. The Balaban J connectivity index is 1.13. The summed E-state index contributed by atoms with van der Waals surface area (Å²) in [5.74, 6) is 0.427. The highest BCUT2D eigenvalue weighted by Crippen LogP contribution is 2.37. The molecule has 11 heteroatoms. The first kappa shape index (κ1) is 23.7. The molecule has 2 aromatic heterocycles. The number of aromatic nitrogens is 3. The molecule has 1 fully saturated rings. The van der Waals surface area contributed by atoms with E-state index in [0.717, 1.165) is 10.9 Å². The Kier molecular flexibility index (Phi) is 6.53. The number of halogens is 3. The van der Waals surface area contributed by atoms with E-state index < -0.39 is 6.36 Å². The van der Waals surface area contributed by atoms with Crippen LogP contribution in [0.2, 0.25) is 0 Å². The maximum Gasteiger partial charge on any atom is 0.573 e. The van der Waals surface area contributed by atoms with Gasteiger partial charge in [-0.2, -0.15) is 4.98 Å². The molecule has 2 aromatic carbocycles. The van der Waals surface area contributed by atoms with Crippen LogP contribution in [-0.2, 0) is 6.42 Å². The van der Waals surface area contributed by atoms with Crippen molar-refractivity contribution >= 4 is 22.8 Å². The molecule has 1 aliphatic heterocycles. The van der Waals surface area contributed by atoms with Crippen LogP contribution in [0, 0.1) is 0 Å². The van der Waals surface area contributed by atoms with Crippen molar-refractivity contribution in [3.63, 3.8) is 0 Å². The molecule has 1 aliphatic rings. The van der Waals surface area contributed by atoms with E-state index in [-0.39, 0.29) is 17.6 Å². The molecule has 0 radical (unpaired) electrons. The fraction of sp³-hybridized carbons (Fsp3) is 0.320. The second-order valence-corrected chi connectivity index (χ2v) is 8.59. The van der Waals surface area contributed by atoms with Crippen LogP contribution in [0.15, 0.2) is 59.3 Å². The summed E-state index contributed by atoms with van der Waals surface area (Å²) in [6, 6.07) is 13.8. The predicted octanol–water partition coefficient (Wildman–Crippen LogP) is 4.81. The lowest BCUT2D eigenvalue weighted by atomic mass is 9.89. The van der Waals surface area contributed by atoms with Gasteiger partial charge in [0.05, 0.1) is 5.56 Å². The van der Waals surface area contributed by atoms with Gasteiger partial charge in [0, 0.05) is 43.2 Å². The van der Waals surface area contributed by atoms with E-state index in [1.54, 1.807) is 18.3 Å². The van der Waals surface area contributed by atoms with Gasteiger partial charge in [-0.1, -0.05) is 36.4 Å². The van der Waals surface area contributed by atoms with Gasteiger partial charge in [0.2, 0.25) is 5.89 Å². The van der Waals surface area contributed by atoms with E-state index in [0.29, 0.717) is 61.9 Å². The summed E-state index contributed by atoms with van der Waals surface area (Å²) in [5.41, 5.74) is 2.01. The quantitative estimate of drug-likeness (QED) is 0.379. The van der Waals surface area contributed by atoms with Crippen molar-refractivity contribution in [3.05, 3.63) is 71.7 Å². The van der Waals surface area contributed by atoms with E-state index in [1.807, 2.05) is 29.2 Å². The van der Waals surface area contributed by atoms with Crippen molar-refractivity contribution in [1.29, 1.82) is 0 Å². The Labute approximate surface area is 204 Å². The molecule has 0 bridgehead atoms. The topological polar surface area (TPSA) is 96.3 Å². The van der Waals surface area contributed by atoms with Crippen LogP contribution in [-0.4, -0.2) is 47.0 Å². The van der Waals surface area contributed by atoms with Crippen LogP contribution in [0.1, 0.15) is 40.6 Å². The molecule has 4 aromatic rings. The van der Waals surface area contributed by atoms with Crippen LogP contribution in [0.3, 0.4) is 0 Å². The van der Waals surface area contributed by atoms with Crippen LogP contribution in [0.25, 0.3) is 10.9 Å². The Hall–Kier alpha value is -4.02. The molecule has 5 rings (SSSR count). The normalized spacial score (nSPS) is 14.8. The molecule has 1 saturated heterocycles. The van der Waals surface area contributed by atoms with Gasteiger partial charge in [0.25, 0.3) is 11.9 Å². The van der Waals surface area contributed by atoms with Gasteiger partial charge in [0.1, 0.15) is 5.75 Å². The number of ether oxygens (including phenoxy) is 1. The minimum absolute atomic E-state index is 0.0640. The number of H-pyrrole nitrogens is 1. The van der Waals surface area contributed by atoms with E-state index >= 15 is 0 Å². The third-order valence-electron chi connectivity index (χ3n) is 6.28. The van der Waals surface area contributed by atoms with Gasteiger partial charge >= 0.3 is 6.36 Å². The van der Waals surface area contributed by atoms with Gasteiger partial charge in [-0.05, 0) is 41.6 Å². The zero-order valence-corrected chi connectivity index (χ0v) is 19.2. The minimum atomic E-state index is -4.73. The number of benzene rings is 2. The van der Waals surface area contributed by atoms with Gasteiger partial charge < -0.3 is 24.5 Å². The first-order chi connectivity index (χ1) is 17.4. The number of aromatic amines is 1. The second-order valence-electron chi connectivity index (χ2n) is 8.59. The minimum Gasteiger partial charge on any atom is -0.405 e. The molecule has 2 N–H and O–H groups in total. The number of anilines is 1. The summed E-state index contributed by atoms with van der Waals surface area (Å²) < 4.78 is 47.8. The number of nitrogens with zero attached hydrogens (tertiary/aromatic N) is 3. The third-order valence-corrected chi connectivity index (χ3v) is 6.28. The molecule has 188 valence electrons. The van der Waals surface area contributed by atoms with E-state index in [2.05, 4.69) is 25.2 Å². The number of rotatable bonds is 7. The Morgan fingerprint density at radius 1 is 1.14 bits per heavy atom. The number of carbonyl (C=O) groups excluding carboxylic acids is 1. The first-order valence-electron chi connectivity index (χ1n) is 11.6. The summed E-state index contributed by atoms with van der Waals surface area (Å²) in [6.45, 7) is 1.47. The zero-order valence-electron chi connectivity index (χ0n) is 19.2. The number of nitrogens with one attached hydrogen (secondary N) is 2. The molecular formula is C25H24F3N5O3. The van der Waals surface area contributed by atoms with Crippen molar-refractivity contribution in [2.75, 3.05) is 24.5 Å². The predicted molar refractivity (Wildman–Crippen MR) is 126 cm³/mol. The van der Waals surface area contributed by atoms with Crippen LogP contribution in [0.5, 0.6) is 5.75 Å². The lowest BCUT2D eigenvalue weighted by Crippen LogP contribution is -2.34. The molecule has 0 unspecified atom stereocenters. The SMILES string of the molecule is O=C(NCCc1nc(N2CCC(c3ccccc3OC(F)(F)F)CC2)no1)c1c[nH]c2ccccc12. The Bertz CT molecular complexity index is 1340. The van der Waals surface area contributed by atoms with Crippen molar-refractivity contribution in [2.24, 2.45) is 0 Å². The molecule has 8 nitrogen and oxygen atoms in total. The molecule has 0 atom stereocenters. The summed E-state index contributed by atoms with van der Waals surface area (Å²) in [4.78, 5) is 22.0. The van der Waals surface area contributed by atoms with E-state index in [9.17, 15) is 18.0 Å². The fourth-order valence-corrected chi connectivity index (χ4v) is 4.54. The monoisotopic (exact) mass is 499 g/mol. The molecule has 3 heterocycles. The summed E-state index contributed by atoms with van der Waals surface area (Å²) in [5, 5.41) is 7.76. The average Bonchev–Trinajstić information content (AvgIpc) is 3.51. The number of hydrogen-bond acceptors (Lipinski definition) is 6. The van der Waals surface area contributed by atoms with Crippen LogP contribution in [0.4, 0.5) is 19.1 Å². The largest absolute Gasteiger partial charge is 0.573 e. The van der Waals surface area contributed by atoms with Gasteiger partial charge in [0.15, 0.2) is 0 Å². The summed E-state index contributed by atoms with van der Waals surface area (Å²) in [7, 11) is 0. The zero-order chi connectivity index (χ0) is 25.1. The van der Waals surface area contributed by atoms with E-state index in [4.69, 9.17) is 4.52 Å². The van der Waals surface area contributed by atoms with Crippen molar-refractivity contribution in [3.8, 4) is 5.75 Å².